The van der Waals surface area contributed by atoms with Gasteiger partial charge in [0.15, 0.2) is 0 Å². The number of sulfonamides is 1. The highest BCUT2D eigenvalue weighted by Crippen LogP contribution is 2.25. The molecular weight excluding hydrogens is 462 g/mol. The Morgan fingerprint density at radius 1 is 1.31 bits per heavy atom. The van der Waals surface area contributed by atoms with Crippen molar-refractivity contribution >= 4 is 37.5 Å². The zero-order valence-corrected chi connectivity index (χ0v) is 18.8. The Kier molecular flexibility index (Phi) is 8.62. The number of amides is 1. The molecule has 29 heavy (non-hydrogen) atoms. The molecule has 0 bridgehead atoms. The van der Waals surface area contributed by atoms with E-state index in [1.54, 1.807) is 23.1 Å². The number of aliphatic hydroxyl groups excluding tert-OH is 1. The maximum absolute atomic E-state index is 12.5. The van der Waals surface area contributed by atoms with Crippen LogP contribution in [0.5, 0.6) is 0 Å². The van der Waals surface area contributed by atoms with Gasteiger partial charge in [-0.2, -0.15) is 5.10 Å². The number of hydrogen-bond donors (Lipinski definition) is 4. The van der Waals surface area contributed by atoms with Gasteiger partial charge in [-0.15, -0.1) is 0 Å². The summed E-state index contributed by atoms with van der Waals surface area (Å²) in [4.78, 5) is 11.7. The number of carbonyl (C=O) groups is 1. The number of aromatic nitrogens is 2. The van der Waals surface area contributed by atoms with Crippen LogP contribution >= 0.6 is 15.9 Å². The molecule has 0 aliphatic heterocycles. The summed E-state index contributed by atoms with van der Waals surface area (Å²) in [7, 11) is -3.70. The fraction of sp³-hybridized carbons (Fsp3) is 0.444. The van der Waals surface area contributed by atoms with Crippen molar-refractivity contribution < 1.29 is 18.3 Å². The van der Waals surface area contributed by atoms with Gasteiger partial charge in [0.1, 0.15) is 0 Å². The Labute approximate surface area is 179 Å². The highest BCUT2D eigenvalue weighted by atomic mass is 79.9. The Balaban J connectivity index is 1.92. The van der Waals surface area contributed by atoms with Gasteiger partial charge in [-0.25, -0.2) is 13.1 Å². The van der Waals surface area contributed by atoms with Gasteiger partial charge in [0.05, 0.1) is 24.2 Å². The van der Waals surface area contributed by atoms with Crippen molar-refractivity contribution in [2.75, 3.05) is 25.0 Å². The van der Waals surface area contributed by atoms with Gasteiger partial charge in [-0.1, -0.05) is 13.8 Å². The quantitative estimate of drug-likeness (QED) is 0.354. The first-order valence-corrected chi connectivity index (χ1v) is 11.4. The topological polar surface area (TPSA) is 125 Å². The number of benzene rings is 1. The fourth-order valence-corrected chi connectivity index (χ4v) is 4.09. The van der Waals surface area contributed by atoms with Gasteiger partial charge in [-0.05, 0) is 34.1 Å². The lowest BCUT2D eigenvalue weighted by Gasteiger charge is -2.12. The van der Waals surface area contributed by atoms with Gasteiger partial charge in [0.25, 0.3) is 0 Å². The number of rotatable bonds is 11. The monoisotopic (exact) mass is 487 g/mol. The molecule has 1 heterocycles. The molecule has 2 aromatic rings. The summed E-state index contributed by atoms with van der Waals surface area (Å²) >= 11 is 3.38. The van der Waals surface area contributed by atoms with E-state index < -0.39 is 10.0 Å². The van der Waals surface area contributed by atoms with E-state index in [9.17, 15) is 13.2 Å². The van der Waals surface area contributed by atoms with E-state index in [-0.39, 0.29) is 29.9 Å². The average molecular weight is 488 g/mol. The van der Waals surface area contributed by atoms with Gasteiger partial charge in [-0.3, -0.25) is 9.48 Å². The molecule has 0 atom stereocenters. The van der Waals surface area contributed by atoms with E-state index in [1.807, 2.05) is 13.8 Å². The van der Waals surface area contributed by atoms with Crippen LogP contribution in [0.1, 0.15) is 19.4 Å². The van der Waals surface area contributed by atoms with E-state index in [2.05, 4.69) is 36.4 Å². The molecule has 11 heteroatoms. The molecule has 160 valence electrons. The summed E-state index contributed by atoms with van der Waals surface area (Å²) in [5.41, 5.74) is 1.43. The first-order chi connectivity index (χ1) is 13.7. The number of anilines is 1. The standard InChI is InChI=1S/C18H26BrN5O4S/c1-13(2)18(26)21-6-5-20-17-4-3-15(9-16(17)19)29(27,28)23-11-14-10-22-24(12-14)7-8-25/h3-4,9-10,12-13,20,23,25H,5-8,11H2,1-2H3,(H,21,26). The molecule has 0 unspecified atom stereocenters. The first-order valence-electron chi connectivity index (χ1n) is 9.16. The Morgan fingerprint density at radius 3 is 2.72 bits per heavy atom. The third kappa shape index (κ3) is 7.11. The predicted molar refractivity (Wildman–Crippen MR) is 114 cm³/mol. The summed E-state index contributed by atoms with van der Waals surface area (Å²) in [5, 5.41) is 18.9. The van der Waals surface area contributed by atoms with Crippen LogP contribution in [0.25, 0.3) is 0 Å². The average Bonchev–Trinajstić information content (AvgIpc) is 3.12. The second kappa shape index (κ2) is 10.7. The lowest BCUT2D eigenvalue weighted by atomic mass is 10.2. The fourth-order valence-electron chi connectivity index (χ4n) is 2.38. The Hall–Kier alpha value is -1.95. The van der Waals surface area contributed by atoms with E-state index in [0.29, 0.717) is 29.7 Å². The largest absolute Gasteiger partial charge is 0.394 e. The molecule has 9 nitrogen and oxygen atoms in total. The Morgan fingerprint density at radius 2 is 2.07 bits per heavy atom. The molecule has 0 saturated heterocycles. The van der Waals surface area contributed by atoms with Crippen LogP contribution in [0, 0.1) is 5.92 Å². The highest BCUT2D eigenvalue weighted by Gasteiger charge is 2.16. The smallest absolute Gasteiger partial charge is 0.240 e. The van der Waals surface area contributed by atoms with Crippen LogP contribution in [0.15, 0.2) is 40.0 Å². The van der Waals surface area contributed by atoms with Crippen molar-refractivity contribution in [2.24, 2.45) is 5.92 Å². The second-order valence-corrected chi connectivity index (χ2v) is 9.30. The third-order valence-corrected chi connectivity index (χ3v) is 6.05. The normalized spacial score (nSPS) is 11.6. The zero-order valence-electron chi connectivity index (χ0n) is 16.4. The molecule has 1 amide bonds. The lowest BCUT2D eigenvalue weighted by Crippen LogP contribution is -2.31. The molecule has 2 rings (SSSR count). The van der Waals surface area contributed by atoms with Gasteiger partial charge < -0.3 is 15.7 Å². The summed E-state index contributed by atoms with van der Waals surface area (Å²) in [6.45, 7) is 5.05. The van der Waals surface area contributed by atoms with Crippen LogP contribution in [-0.2, 0) is 27.9 Å². The van der Waals surface area contributed by atoms with Gasteiger partial charge in [0.2, 0.25) is 15.9 Å². The summed E-state index contributed by atoms with van der Waals surface area (Å²) < 4.78 is 29.8. The molecule has 1 aromatic heterocycles. The summed E-state index contributed by atoms with van der Waals surface area (Å²) in [5.74, 6) is -0.0805. The number of nitrogens with one attached hydrogen (secondary N) is 3. The SMILES string of the molecule is CC(C)C(=O)NCCNc1ccc(S(=O)(=O)NCc2cnn(CCO)c2)cc1Br. The van der Waals surface area contributed by atoms with Crippen LogP contribution in [0.3, 0.4) is 0 Å². The minimum atomic E-state index is -3.70. The maximum atomic E-state index is 12.5. The maximum Gasteiger partial charge on any atom is 0.240 e. The molecule has 1 aromatic carbocycles. The number of carbonyl (C=O) groups excluding carboxylic acids is 1. The van der Waals surface area contributed by atoms with E-state index >= 15 is 0 Å². The third-order valence-electron chi connectivity index (χ3n) is 4.00. The number of hydrogen-bond acceptors (Lipinski definition) is 6. The van der Waals surface area contributed by atoms with Crippen LogP contribution in [0.4, 0.5) is 5.69 Å². The van der Waals surface area contributed by atoms with Crippen molar-refractivity contribution in [1.82, 2.24) is 19.8 Å². The van der Waals surface area contributed by atoms with E-state index in [1.165, 1.54) is 12.1 Å². The predicted octanol–water partition coefficient (Wildman–Crippen LogP) is 1.30. The second-order valence-electron chi connectivity index (χ2n) is 6.67. The molecule has 0 aliphatic carbocycles. The molecule has 0 saturated carbocycles. The van der Waals surface area contributed by atoms with Crippen molar-refractivity contribution in [2.45, 2.75) is 31.8 Å². The molecule has 0 spiro atoms. The van der Waals surface area contributed by atoms with Crippen molar-refractivity contribution in [1.29, 1.82) is 0 Å². The number of nitrogens with zero attached hydrogens (tertiary/aromatic N) is 2. The van der Waals surface area contributed by atoms with E-state index in [4.69, 9.17) is 5.11 Å². The van der Waals surface area contributed by atoms with Crippen LogP contribution in [0.2, 0.25) is 0 Å². The van der Waals surface area contributed by atoms with Crippen molar-refractivity contribution in [3.8, 4) is 0 Å². The van der Waals surface area contributed by atoms with Gasteiger partial charge >= 0.3 is 0 Å². The van der Waals surface area contributed by atoms with Crippen molar-refractivity contribution in [3.63, 3.8) is 0 Å². The lowest BCUT2D eigenvalue weighted by molar-refractivity contribution is -0.123. The number of aliphatic hydroxyl groups is 1. The zero-order chi connectivity index (χ0) is 21.4. The molecule has 0 radical (unpaired) electrons. The molecule has 0 aliphatic rings. The number of halogens is 1. The minimum Gasteiger partial charge on any atom is -0.394 e. The van der Waals surface area contributed by atoms with Gasteiger partial charge in [0, 0.05) is 47.5 Å². The summed E-state index contributed by atoms with van der Waals surface area (Å²) in [6.07, 6.45) is 3.24. The van der Waals surface area contributed by atoms with E-state index in [0.717, 1.165) is 5.69 Å². The summed E-state index contributed by atoms with van der Waals surface area (Å²) in [6, 6.07) is 4.70. The molecule has 4 N–H and O–H groups in total. The van der Waals surface area contributed by atoms with Crippen LogP contribution < -0.4 is 15.4 Å². The molecule has 0 fully saturated rings. The molecular formula is C18H26BrN5O4S. The van der Waals surface area contributed by atoms with Crippen molar-refractivity contribution in [3.05, 3.63) is 40.6 Å². The minimum absolute atomic E-state index is 0.0136. The Bertz CT molecular complexity index is 930. The highest BCUT2D eigenvalue weighted by molar-refractivity contribution is 9.10. The van der Waals surface area contributed by atoms with Crippen LogP contribution in [-0.4, -0.2) is 48.9 Å². The first kappa shape index (κ1) is 23.3.